The topological polar surface area (TPSA) is 84.5 Å². The zero-order valence-corrected chi connectivity index (χ0v) is 15.5. The normalized spacial score (nSPS) is 11.8. The minimum absolute atomic E-state index is 0.268. The van der Waals surface area contributed by atoms with Crippen LogP contribution in [0.25, 0.3) is 6.08 Å². The molecule has 0 saturated heterocycles. The van der Waals surface area contributed by atoms with Gasteiger partial charge in [-0.15, -0.1) is 11.8 Å². The van der Waals surface area contributed by atoms with Crippen molar-refractivity contribution >= 4 is 35.6 Å². The summed E-state index contributed by atoms with van der Waals surface area (Å²) in [5.74, 6) is -1.41. The van der Waals surface area contributed by atoms with Gasteiger partial charge in [-0.2, -0.15) is 0 Å². The van der Waals surface area contributed by atoms with E-state index in [1.165, 1.54) is 6.08 Å². The van der Waals surface area contributed by atoms with Gasteiger partial charge in [0, 0.05) is 17.5 Å². The molecular formula is C18H24N2O4S. The van der Waals surface area contributed by atoms with Gasteiger partial charge in [0.15, 0.2) is 6.61 Å². The van der Waals surface area contributed by atoms with E-state index in [9.17, 15) is 14.4 Å². The Bertz CT molecular complexity index is 614. The van der Waals surface area contributed by atoms with E-state index in [0.29, 0.717) is 6.54 Å². The number of carbonyl (C=O) groups excluding carboxylic acids is 3. The number of esters is 1. The van der Waals surface area contributed by atoms with Crippen molar-refractivity contribution in [2.45, 2.75) is 31.2 Å². The highest BCUT2D eigenvalue weighted by Gasteiger charge is 2.15. The average molecular weight is 364 g/mol. The Balaban J connectivity index is 2.35. The van der Waals surface area contributed by atoms with Gasteiger partial charge in [0.2, 0.25) is 5.91 Å². The van der Waals surface area contributed by atoms with E-state index in [-0.39, 0.29) is 5.91 Å². The van der Waals surface area contributed by atoms with Crippen LogP contribution in [0.2, 0.25) is 0 Å². The van der Waals surface area contributed by atoms with E-state index in [1.807, 2.05) is 37.4 Å². The molecule has 0 bridgehead atoms. The first kappa shape index (κ1) is 20.8. The van der Waals surface area contributed by atoms with E-state index < -0.39 is 24.5 Å². The van der Waals surface area contributed by atoms with Crippen LogP contribution in [0.4, 0.5) is 0 Å². The van der Waals surface area contributed by atoms with Crippen LogP contribution in [0.5, 0.6) is 0 Å². The number of rotatable bonds is 9. The molecule has 6 nitrogen and oxygen atoms in total. The molecule has 7 heteroatoms. The molecule has 0 radical (unpaired) electrons. The second-order valence-electron chi connectivity index (χ2n) is 5.29. The van der Waals surface area contributed by atoms with Crippen molar-refractivity contribution in [2.75, 3.05) is 19.4 Å². The second-order valence-corrected chi connectivity index (χ2v) is 6.17. The summed E-state index contributed by atoms with van der Waals surface area (Å²) >= 11 is 1.64. The van der Waals surface area contributed by atoms with Crippen molar-refractivity contribution in [3.05, 3.63) is 35.9 Å². The third kappa shape index (κ3) is 8.39. The summed E-state index contributed by atoms with van der Waals surface area (Å²) in [4.78, 5) is 36.1. The van der Waals surface area contributed by atoms with Crippen LogP contribution in [0.3, 0.4) is 0 Å². The van der Waals surface area contributed by atoms with Crippen molar-refractivity contribution < 1.29 is 19.1 Å². The quantitative estimate of drug-likeness (QED) is 0.398. The van der Waals surface area contributed by atoms with Crippen molar-refractivity contribution in [3.63, 3.8) is 0 Å². The van der Waals surface area contributed by atoms with E-state index in [2.05, 4.69) is 10.6 Å². The van der Waals surface area contributed by atoms with E-state index in [1.54, 1.807) is 24.8 Å². The van der Waals surface area contributed by atoms with E-state index in [0.717, 1.165) is 16.9 Å². The van der Waals surface area contributed by atoms with Crippen LogP contribution in [0, 0.1) is 0 Å². The van der Waals surface area contributed by atoms with Gasteiger partial charge in [-0.05, 0) is 43.4 Å². The number of carbonyl (C=O) groups is 3. The third-order valence-electron chi connectivity index (χ3n) is 3.19. The molecule has 0 aliphatic rings. The standard InChI is InChI=1S/C18H24N2O4S/c1-4-11-19-18(23)13(2)20-16(21)12-24-17(22)10-7-14-5-8-15(25-3)9-6-14/h5-10,13H,4,11-12H2,1-3H3,(H,19,23)(H,20,21)/b10-7+/t13-/m0/s1. The number of hydrogen-bond acceptors (Lipinski definition) is 5. The van der Waals surface area contributed by atoms with Crippen LogP contribution < -0.4 is 10.6 Å². The Morgan fingerprint density at radius 1 is 1.24 bits per heavy atom. The molecule has 2 N–H and O–H groups in total. The summed E-state index contributed by atoms with van der Waals surface area (Å²) in [6.45, 7) is 3.63. The first-order valence-corrected chi connectivity index (χ1v) is 9.24. The second kappa shape index (κ2) is 11.3. The Morgan fingerprint density at radius 2 is 1.92 bits per heavy atom. The number of ether oxygens (including phenoxy) is 1. The number of hydrogen-bond donors (Lipinski definition) is 2. The Hall–Kier alpha value is -2.28. The summed E-state index contributed by atoms with van der Waals surface area (Å²) in [6, 6.07) is 7.00. The molecule has 1 aromatic rings. The summed E-state index contributed by atoms with van der Waals surface area (Å²) in [7, 11) is 0. The van der Waals surface area contributed by atoms with Crippen LogP contribution in [0.1, 0.15) is 25.8 Å². The van der Waals surface area contributed by atoms with Crippen molar-refractivity contribution in [1.82, 2.24) is 10.6 Å². The Labute approximate surface area is 152 Å². The fourth-order valence-electron chi connectivity index (χ4n) is 1.81. The lowest BCUT2D eigenvalue weighted by Crippen LogP contribution is -2.46. The fourth-order valence-corrected chi connectivity index (χ4v) is 2.22. The maximum atomic E-state index is 11.7. The maximum Gasteiger partial charge on any atom is 0.331 e. The molecule has 0 saturated carbocycles. The van der Waals surface area contributed by atoms with Crippen molar-refractivity contribution in [1.29, 1.82) is 0 Å². The minimum Gasteiger partial charge on any atom is -0.452 e. The molecule has 0 aromatic heterocycles. The van der Waals surface area contributed by atoms with Gasteiger partial charge in [0.1, 0.15) is 6.04 Å². The molecule has 0 aliphatic heterocycles. The lowest BCUT2D eigenvalue weighted by Gasteiger charge is -2.13. The summed E-state index contributed by atoms with van der Waals surface area (Å²) < 4.78 is 4.86. The van der Waals surface area contributed by atoms with Crippen molar-refractivity contribution in [3.8, 4) is 0 Å². The Kier molecular flexibility index (Phi) is 9.39. The molecule has 0 fully saturated rings. The third-order valence-corrected chi connectivity index (χ3v) is 3.94. The number of amides is 2. The molecule has 25 heavy (non-hydrogen) atoms. The highest BCUT2D eigenvalue weighted by Crippen LogP contribution is 2.15. The minimum atomic E-state index is -0.678. The van der Waals surface area contributed by atoms with Gasteiger partial charge in [0.05, 0.1) is 0 Å². The zero-order chi connectivity index (χ0) is 18.7. The first-order chi connectivity index (χ1) is 12.0. The molecule has 0 unspecified atom stereocenters. The van der Waals surface area contributed by atoms with Gasteiger partial charge in [-0.3, -0.25) is 9.59 Å². The Morgan fingerprint density at radius 3 is 2.52 bits per heavy atom. The zero-order valence-electron chi connectivity index (χ0n) is 14.7. The molecule has 0 spiro atoms. The number of thioether (sulfide) groups is 1. The maximum absolute atomic E-state index is 11.7. The monoisotopic (exact) mass is 364 g/mol. The van der Waals surface area contributed by atoms with Crippen LogP contribution in [-0.4, -0.2) is 43.2 Å². The number of benzene rings is 1. The summed E-state index contributed by atoms with van der Waals surface area (Å²) in [5.41, 5.74) is 0.861. The van der Waals surface area contributed by atoms with Gasteiger partial charge in [0.25, 0.3) is 5.91 Å². The average Bonchev–Trinajstić information content (AvgIpc) is 2.62. The molecule has 2 amide bonds. The molecule has 1 atom stereocenters. The molecule has 0 aliphatic carbocycles. The lowest BCUT2D eigenvalue weighted by atomic mass is 10.2. The summed E-state index contributed by atoms with van der Waals surface area (Å²) in [5, 5.41) is 5.15. The van der Waals surface area contributed by atoms with Crippen LogP contribution in [-0.2, 0) is 19.1 Å². The molecule has 0 heterocycles. The van der Waals surface area contributed by atoms with Gasteiger partial charge in [-0.25, -0.2) is 4.79 Å². The largest absolute Gasteiger partial charge is 0.452 e. The molecular weight excluding hydrogens is 340 g/mol. The lowest BCUT2D eigenvalue weighted by molar-refractivity contribution is -0.144. The van der Waals surface area contributed by atoms with Crippen LogP contribution in [0.15, 0.2) is 35.2 Å². The first-order valence-electron chi connectivity index (χ1n) is 8.02. The smallest absolute Gasteiger partial charge is 0.331 e. The van der Waals surface area contributed by atoms with Gasteiger partial charge >= 0.3 is 5.97 Å². The summed E-state index contributed by atoms with van der Waals surface area (Å²) in [6.07, 6.45) is 5.68. The predicted octanol–water partition coefficient (Wildman–Crippen LogP) is 2.00. The van der Waals surface area contributed by atoms with E-state index in [4.69, 9.17) is 4.74 Å². The SMILES string of the molecule is CCCNC(=O)[C@H](C)NC(=O)COC(=O)/C=C/c1ccc(SC)cc1. The highest BCUT2D eigenvalue weighted by atomic mass is 32.2. The van der Waals surface area contributed by atoms with Gasteiger partial charge < -0.3 is 15.4 Å². The molecule has 1 aromatic carbocycles. The van der Waals surface area contributed by atoms with Gasteiger partial charge in [-0.1, -0.05) is 19.1 Å². The predicted molar refractivity (Wildman–Crippen MR) is 99.1 cm³/mol. The molecule has 136 valence electrons. The van der Waals surface area contributed by atoms with Crippen LogP contribution >= 0.6 is 11.8 Å². The van der Waals surface area contributed by atoms with E-state index >= 15 is 0 Å². The highest BCUT2D eigenvalue weighted by molar-refractivity contribution is 7.98. The van der Waals surface area contributed by atoms with Crippen molar-refractivity contribution in [2.24, 2.45) is 0 Å². The molecule has 1 rings (SSSR count). The fraction of sp³-hybridized carbons (Fsp3) is 0.389. The number of nitrogens with one attached hydrogen (secondary N) is 2.